The summed E-state index contributed by atoms with van der Waals surface area (Å²) in [5.41, 5.74) is 0.488. The van der Waals surface area contributed by atoms with Crippen LogP contribution < -0.4 is 5.32 Å². The van der Waals surface area contributed by atoms with Crippen LogP contribution in [0, 0.1) is 5.92 Å². The first-order valence-electron chi connectivity index (χ1n) is 9.26. The zero-order valence-corrected chi connectivity index (χ0v) is 16.4. The van der Waals surface area contributed by atoms with Crippen molar-refractivity contribution in [3.05, 3.63) is 34.9 Å². The van der Waals surface area contributed by atoms with Crippen molar-refractivity contribution < 1.29 is 14.3 Å². The molecule has 1 aromatic carbocycles. The van der Waals surface area contributed by atoms with Crippen LogP contribution in [0.25, 0.3) is 0 Å². The molecule has 26 heavy (non-hydrogen) atoms. The number of benzene rings is 1. The Kier molecular flexibility index (Phi) is 5.47. The topological polar surface area (TPSA) is 58.6 Å². The maximum Gasteiger partial charge on any atom is 0.410 e. The average Bonchev–Trinajstić information content (AvgIpc) is 2.81. The number of amides is 2. The van der Waals surface area contributed by atoms with Gasteiger partial charge in [-0.2, -0.15) is 0 Å². The van der Waals surface area contributed by atoms with E-state index in [1.54, 1.807) is 0 Å². The number of halogens is 1. The minimum Gasteiger partial charge on any atom is -0.444 e. The standard InChI is InChI=1S/C20H27ClN2O3/c1-20(2,3)26-19(25)23-16-7-8-17(23)11-14(10-16)18(24)22-12-13-5-4-6-15(21)9-13/h4-6,9,14,16-17H,7-8,10-12H2,1-3H3,(H,22,24). The van der Waals surface area contributed by atoms with E-state index in [4.69, 9.17) is 16.3 Å². The predicted molar refractivity (Wildman–Crippen MR) is 101 cm³/mol. The minimum absolute atomic E-state index is 0.0506. The quantitative estimate of drug-likeness (QED) is 0.860. The zero-order valence-electron chi connectivity index (χ0n) is 15.6. The van der Waals surface area contributed by atoms with Gasteiger partial charge in [-0.15, -0.1) is 0 Å². The van der Waals surface area contributed by atoms with Gasteiger partial charge in [0.25, 0.3) is 0 Å². The van der Waals surface area contributed by atoms with E-state index in [2.05, 4.69) is 5.32 Å². The summed E-state index contributed by atoms with van der Waals surface area (Å²) in [5.74, 6) is 0.0103. The molecule has 2 amide bonds. The fourth-order valence-corrected chi connectivity index (χ4v) is 4.20. The lowest BCUT2D eigenvalue weighted by Crippen LogP contribution is -2.50. The van der Waals surface area contributed by atoms with E-state index < -0.39 is 5.60 Å². The zero-order chi connectivity index (χ0) is 18.9. The number of nitrogens with one attached hydrogen (secondary N) is 1. The highest BCUT2D eigenvalue weighted by Crippen LogP contribution is 2.39. The summed E-state index contributed by atoms with van der Waals surface area (Å²) in [7, 11) is 0. The van der Waals surface area contributed by atoms with Crippen LogP contribution in [0.4, 0.5) is 4.79 Å². The molecular formula is C20H27ClN2O3. The Balaban J connectivity index is 1.56. The third-order valence-corrected chi connectivity index (χ3v) is 5.30. The number of piperidine rings is 1. The summed E-state index contributed by atoms with van der Waals surface area (Å²) in [6.45, 7) is 6.11. The lowest BCUT2D eigenvalue weighted by molar-refractivity contribution is -0.127. The molecule has 2 unspecified atom stereocenters. The molecule has 2 aliphatic heterocycles. The van der Waals surface area contributed by atoms with Crippen molar-refractivity contribution in [2.45, 2.75) is 70.7 Å². The van der Waals surface area contributed by atoms with Crippen LogP contribution in [0.2, 0.25) is 5.02 Å². The Labute approximate surface area is 160 Å². The first kappa shape index (κ1) is 19.0. The van der Waals surface area contributed by atoms with Crippen LogP contribution in [0.15, 0.2) is 24.3 Å². The van der Waals surface area contributed by atoms with Crippen LogP contribution in [0.3, 0.4) is 0 Å². The second-order valence-corrected chi connectivity index (χ2v) is 8.73. The molecule has 0 aromatic heterocycles. The third-order valence-electron chi connectivity index (χ3n) is 5.06. The van der Waals surface area contributed by atoms with Crippen molar-refractivity contribution in [3.63, 3.8) is 0 Å². The molecule has 6 heteroatoms. The Bertz CT molecular complexity index is 672. The monoisotopic (exact) mass is 378 g/mol. The Morgan fingerprint density at radius 3 is 2.46 bits per heavy atom. The van der Waals surface area contributed by atoms with E-state index in [0.29, 0.717) is 24.4 Å². The summed E-state index contributed by atoms with van der Waals surface area (Å²) in [6, 6.07) is 7.70. The van der Waals surface area contributed by atoms with Gasteiger partial charge in [-0.3, -0.25) is 4.79 Å². The van der Waals surface area contributed by atoms with E-state index in [0.717, 1.165) is 18.4 Å². The molecule has 0 spiro atoms. The van der Waals surface area contributed by atoms with Crippen LogP contribution in [-0.4, -0.2) is 34.6 Å². The molecule has 2 saturated heterocycles. The minimum atomic E-state index is -0.498. The molecule has 2 bridgehead atoms. The highest BCUT2D eigenvalue weighted by Gasteiger charge is 2.46. The van der Waals surface area contributed by atoms with Crippen molar-refractivity contribution in [3.8, 4) is 0 Å². The molecule has 1 aromatic rings. The van der Waals surface area contributed by atoms with Crippen molar-refractivity contribution in [1.29, 1.82) is 0 Å². The van der Waals surface area contributed by atoms with E-state index in [1.165, 1.54) is 0 Å². The van der Waals surface area contributed by atoms with Crippen molar-refractivity contribution in [1.82, 2.24) is 10.2 Å². The molecule has 0 aliphatic carbocycles. The van der Waals surface area contributed by atoms with Gasteiger partial charge in [0.1, 0.15) is 5.60 Å². The molecule has 3 rings (SSSR count). The predicted octanol–water partition coefficient (Wildman–Crippen LogP) is 4.13. The number of rotatable bonds is 3. The number of fused-ring (bicyclic) bond motifs is 2. The van der Waals surface area contributed by atoms with Crippen molar-refractivity contribution >= 4 is 23.6 Å². The maximum absolute atomic E-state index is 12.6. The third kappa shape index (κ3) is 4.50. The van der Waals surface area contributed by atoms with Gasteiger partial charge in [0.2, 0.25) is 5.91 Å². The summed E-state index contributed by atoms with van der Waals surface area (Å²) >= 11 is 5.98. The summed E-state index contributed by atoms with van der Waals surface area (Å²) in [5, 5.41) is 3.68. The molecule has 2 heterocycles. The Hall–Kier alpha value is -1.75. The molecule has 0 saturated carbocycles. The van der Waals surface area contributed by atoms with Crippen molar-refractivity contribution in [2.75, 3.05) is 0 Å². The summed E-state index contributed by atoms with van der Waals surface area (Å²) in [4.78, 5) is 27.0. The Morgan fingerprint density at radius 2 is 1.88 bits per heavy atom. The van der Waals surface area contributed by atoms with Gasteiger partial charge in [-0.1, -0.05) is 23.7 Å². The van der Waals surface area contributed by atoms with Gasteiger partial charge >= 0.3 is 6.09 Å². The molecule has 142 valence electrons. The highest BCUT2D eigenvalue weighted by molar-refractivity contribution is 6.30. The number of nitrogens with zero attached hydrogens (tertiary/aromatic N) is 1. The fraction of sp³-hybridized carbons (Fsp3) is 0.600. The Morgan fingerprint density at radius 1 is 1.23 bits per heavy atom. The number of carbonyl (C=O) groups is 2. The van der Waals surface area contributed by atoms with Crippen LogP contribution in [-0.2, 0) is 16.1 Å². The van der Waals surface area contributed by atoms with Crippen LogP contribution in [0.5, 0.6) is 0 Å². The molecule has 5 nitrogen and oxygen atoms in total. The number of hydrogen-bond acceptors (Lipinski definition) is 3. The number of ether oxygens (including phenoxy) is 1. The van der Waals surface area contributed by atoms with Gasteiger partial charge < -0.3 is 15.0 Å². The van der Waals surface area contributed by atoms with Crippen LogP contribution in [0.1, 0.15) is 52.0 Å². The van der Waals surface area contributed by atoms with Crippen LogP contribution >= 0.6 is 11.6 Å². The van der Waals surface area contributed by atoms with E-state index in [1.807, 2.05) is 49.9 Å². The lowest BCUT2D eigenvalue weighted by atomic mass is 9.90. The molecule has 1 N–H and O–H groups in total. The SMILES string of the molecule is CC(C)(C)OC(=O)N1C2CCC1CC(C(=O)NCc1cccc(Cl)c1)C2. The molecular weight excluding hydrogens is 352 g/mol. The summed E-state index contributed by atoms with van der Waals surface area (Å²) < 4.78 is 5.54. The molecule has 2 fully saturated rings. The normalized spacial score (nSPS) is 25.1. The fourth-order valence-electron chi connectivity index (χ4n) is 3.98. The largest absolute Gasteiger partial charge is 0.444 e. The molecule has 0 radical (unpaired) electrons. The average molecular weight is 379 g/mol. The van der Waals surface area contributed by atoms with E-state index in [-0.39, 0.29) is 30.0 Å². The number of hydrogen-bond donors (Lipinski definition) is 1. The molecule has 2 atom stereocenters. The van der Waals surface area contributed by atoms with Crippen molar-refractivity contribution in [2.24, 2.45) is 5.92 Å². The maximum atomic E-state index is 12.6. The first-order chi connectivity index (χ1) is 12.2. The lowest BCUT2D eigenvalue weighted by Gasteiger charge is -2.39. The van der Waals surface area contributed by atoms with E-state index >= 15 is 0 Å². The van der Waals surface area contributed by atoms with Gasteiger partial charge in [-0.25, -0.2) is 4.79 Å². The highest BCUT2D eigenvalue weighted by atomic mass is 35.5. The second kappa shape index (κ2) is 7.47. The van der Waals surface area contributed by atoms with Gasteiger partial charge in [0.05, 0.1) is 0 Å². The van der Waals surface area contributed by atoms with Gasteiger partial charge in [0, 0.05) is 29.6 Å². The number of carbonyl (C=O) groups excluding carboxylic acids is 2. The smallest absolute Gasteiger partial charge is 0.410 e. The molecule has 2 aliphatic rings. The van der Waals surface area contributed by atoms with Gasteiger partial charge in [-0.05, 0) is 64.2 Å². The van der Waals surface area contributed by atoms with Gasteiger partial charge in [0.15, 0.2) is 0 Å². The second-order valence-electron chi connectivity index (χ2n) is 8.29. The first-order valence-corrected chi connectivity index (χ1v) is 9.64. The summed E-state index contributed by atoms with van der Waals surface area (Å²) in [6.07, 6.45) is 3.06. The van der Waals surface area contributed by atoms with E-state index in [9.17, 15) is 9.59 Å².